The van der Waals surface area contributed by atoms with E-state index in [1.54, 1.807) is 17.4 Å². The van der Waals surface area contributed by atoms with Crippen LogP contribution in [-0.2, 0) is 10.2 Å². The van der Waals surface area contributed by atoms with Crippen LogP contribution in [0.2, 0.25) is 0 Å². The van der Waals surface area contributed by atoms with Gasteiger partial charge in [0.2, 0.25) is 0 Å². The lowest BCUT2D eigenvalue weighted by Gasteiger charge is -2.13. The van der Waals surface area contributed by atoms with E-state index in [0.717, 1.165) is 9.71 Å². The first-order valence-electron chi connectivity index (χ1n) is 5.69. The summed E-state index contributed by atoms with van der Waals surface area (Å²) in [4.78, 5) is 15.6. The van der Waals surface area contributed by atoms with Crippen molar-refractivity contribution in [2.45, 2.75) is 32.2 Å². The lowest BCUT2D eigenvalue weighted by atomic mass is 9.98. The molecule has 0 spiro atoms. The minimum absolute atomic E-state index is 0.0473. The zero-order valence-corrected chi connectivity index (χ0v) is 11.4. The molecular weight excluding hydrogens is 248 g/mol. The highest BCUT2D eigenvalue weighted by Gasteiger charge is 2.23. The van der Waals surface area contributed by atoms with Crippen LogP contribution in [0, 0.1) is 0 Å². The van der Waals surface area contributed by atoms with Gasteiger partial charge in [-0.1, -0.05) is 32.9 Å². The van der Waals surface area contributed by atoms with Crippen LogP contribution in [0.4, 0.5) is 0 Å². The molecule has 18 heavy (non-hydrogen) atoms. The van der Waals surface area contributed by atoms with Crippen molar-refractivity contribution in [1.82, 2.24) is 4.98 Å². The van der Waals surface area contributed by atoms with Crippen molar-refractivity contribution in [3.05, 3.63) is 28.8 Å². The molecule has 1 aromatic carbocycles. The van der Waals surface area contributed by atoms with E-state index in [-0.39, 0.29) is 5.41 Å². The number of fused-ring (bicyclic) bond motifs is 1. The smallest absolute Gasteiger partial charge is 0.325 e. The number of nitrogens with zero attached hydrogens (tertiary/aromatic N) is 1. The topological polar surface area (TPSA) is 76.2 Å². The van der Waals surface area contributed by atoms with Gasteiger partial charge in [-0.15, -0.1) is 11.3 Å². The molecule has 1 heterocycles. The first-order valence-corrected chi connectivity index (χ1v) is 6.50. The summed E-state index contributed by atoms with van der Waals surface area (Å²) in [6.07, 6.45) is 0. The predicted molar refractivity (Wildman–Crippen MR) is 72.9 cm³/mol. The summed E-state index contributed by atoms with van der Waals surface area (Å²) in [5.74, 6) is -1.03. The molecule has 0 saturated heterocycles. The van der Waals surface area contributed by atoms with E-state index in [1.165, 1.54) is 0 Å². The quantitative estimate of drug-likeness (QED) is 0.874. The van der Waals surface area contributed by atoms with Crippen LogP contribution < -0.4 is 5.73 Å². The number of hydrogen-bond acceptors (Lipinski definition) is 4. The molecule has 1 atom stereocenters. The molecule has 0 fully saturated rings. The number of carboxylic acids is 1. The second-order valence-electron chi connectivity index (χ2n) is 5.28. The van der Waals surface area contributed by atoms with Gasteiger partial charge in [0, 0.05) is 11.0 Å². The van der Waals surface area contributed by atoms with Gasteiger partial charge in [0.1, 0.15) is 6.04 Å². The predicted octanol–water partition coefficient (Wildman–Crippen LogP) is 2.68. The molecule has 0 amide bonds. The monoisotopic (exact) mass is 264 g/mol. The summed E-state index contributed by atoms with van der Waals surface area (Å²) < 4.78 is 0.981. The third-order valence-electron chi connectivity index (χ3n) is 2.69. The molecule has 4 nitrogen and oxygen atoms in total. The number of aromatic nitrogens is 1. The van der Waals surface area contributed by atoms with Crippen molar-refractivity contribution >= 4 is 27.5 Å². The highest BCUT2D eigenvalue weighted by molar-refractivity contribution is 7.18. The highest BCUT2D eigenvalue weighted by atomic mass is 32.1. The maximum absolute atomic E-state index is 11.0. The molecule has 2 rings (SSSR count). The van der Waals surface area contributed by atoms with E-state index in [0.29, 0.717) is 11.1 Å². The minimum Gasteiger partial charge on any atom is -0.480 e. The molecule has 0 saturated carbocycles. The maximum atomic E-state index is 11.0. The van der Waals surface area contributed by atoms with E-state index in [2.05, 4.69) is 25.8 Å². The number of aliphatic carboxylic acids is 1. The Morgan fingerprint density at radius 1 is 1.44 bits per heavy atom. The number of carbonyl (C=O) groups is 1. The first-order chi connectivity index (χ1) is 8.30. The summed E-state index contributed by atoms with van der Waals surface area (Å²) in [5, 5.41) is 10.0. The number of thiazole rings is 1. The van der Waals surface area contributed by atoms with E-state index >= 15 is 0 Å². The van der Waals surface area contributed by atoms with Gasteiger partial charge < -0.3 is 10.8 Å². The van der Waals surface area contributed by atoms with Crippen LogP contribution in [0.15, 0.2) is 18.2 Å². The fourth-order valence-corrected chi connectivity index (χ4v) is 2.73. The van der Waals surface area contributed by atoms with Gasteiger partial charge in [-0.05, 0) is 6.07 Å². The molecule has 3 N–H and O–H groups in total. The lowest BCUT2D eigenvalue weighted by molar-refractivity contribution is -0.138. The highest BCUT2D eigenvalue weighted by Crippen LogP contribution is 2.33. The molecule has 0 aliphatic rings. The molecular formula is C13H16N2O2S. The van der Waals surface area contributed by atoms with E-state index < -0.39 is 12.0 Å². The zero-order valence-electron chi connectivity index (χ0n) is 10.6. The van der Waals surface area contributed by atoms with E-state index in [4.69, 9.17) is 10.8 Å². The van der Waals surface area contributed by atoms with Crippen LogP contribution in [0.1, 0.15) is 37.4 Å². The Bertz CT molecular complexity index is 599. The lowest BCUT2D eigenvalue weighted by Crippen LogP contribution is -2.21. The fourth-order valence-electron chi connectivity index (χ4n) is 1.67. The van der Waals surface area contributed by atoms with Crippen LogP contribution in [0.3, 0.4) is 0 Å². The Morgan fingerprint density at radius 3 is 2.67 bits per heavy atom. The molecule has 1 aromatic heterocycles. The van der Waals surface area contributed by atoms with Crippen molar-refractivity contribution in [2.75, 3.05) is 0 Å². The number of carboxylic acid groups (broad SMARTS) is 1. The van der Waals surface area contributed by atoms with Gasteiger partial charge in [-0.2, -0.15) is 0 Å². The number of para-hydroxylation sites is 1. The second kappa shape index (κ2) is 4.33. The van der Waals surface area contributed by atoms with Crippen molar-refractivity contribution in [3.8, 4) is 0 Å². The van der Waals surface area contributed by atoms with Crippen LogP contribution >= 0.6 is 11.3 Å². The van der Waals surface area contributed by atoms with Crippen molar-refractivity contribution < 1.29 is 9.90 Å². The molecule has 2 aromatic rings. The summed E-state index contributed by atoms with van der Waals surface area (Å²) in [5.41, 5.74) is 6.93. The molecule has 0 radical (unpaired) electrons. The summed E-state index contributed by atoms with van der Waals surface area (Å²) in [7, 11) is 0. The van der Waals surface area contributed by atoms with E-state index in [9.17, 15) is 4.79 Å². The van der Waals surface area contributed by atoms with Gasteiger partial charge in [0.05, 0.1) is 15.2 Å². The zero-order chi connectivity index (χ0) is 13.5. The standard InChI is InChI=1S/C13H16N2O2S/c1-13(2,3)12-15-10-7(9(14)11(16)17)5-4-6-8(10)18-12/h4-6,9H,14H2,1-3H3,(H,16,17). The third-order valence-corrected chi connectivity index (χ3v) is 4.14. The fraction of sp³-hybridized carbons (Fsp3) is 0.385. The summed E-state index contributed by atoms with van der Waals surface area (Å²) >= 11 is 1.59. The third kappa shape index (κ3) is 2.23. The second-order valence-corrected chi connectivity index (χ2v) is 6.31. The number of nitrogens with two attached hydrogens (primary N) is 1. The summed E-state index contributed by atoms with van der Waals surface area (Å²) in [6, 6.07) is 4.47. The van der Waals surface area contributed by atoms with Crippen LogP contribution in [-0.4, -0.2) is 16.1 Å². The van der Waals surface area contributed by atoms with Gasteiger partial charge in [0.15, 0.2) is 0 Å². The molecule has 0 aliphatic heterocycles. The van der Waals surface area contributed by atoms with Gasteiger partial charge in [0.25, 0.3) is 0 Å². The van der Waals surface area contributed by atoms with E-state index in [1.807, 2.05) is 12.1 Å². The molecule has 0 aliphatic carbocycles. The summed E-state index contributed by atoms with van der Waals surface area (Å²) in [6.45, 7) is 6.25. The number of benzene rings is 1. The van der Waals surface area contributed by atoms with Crippen molar-refractivity contribution in [3.63, 3.8) is 0 Å². The van der Waals surface area contributed by atoms with Crippen LogP contribution in [0.5, 0.6) is 0 Å². The molecule has 5 heteroatoms. The normalized spacial score (nSPS) is 13.8. The van der Waals surface area contributed by atoms with Crippen molar-refractivity contribution in [1.29, 1.82) is 0 Å². The largest absolute Gasteiger partial charge is 0.480 e. The Balaban J connectivity index is 2.63. The average Bonchev–Trinajstić information content (AvgIpc) is 2.70. The molecule has 1 unspecified atom stereocenters. The SMILES string of the molecule is CC(C)(C)c1nc2c(C(N)C(=O)O)cccc2s1. The first kappa shape index (κ1) is 13.0. The number of hydrogen-bond donors (Lipinski definition) is 2. The number of rotatable bonds is 2. The van der Waals surface area contributed by atoms with Gasteiger partial charge in [-0.3, -0.25) is 4.79 Å². The molecule has 0 bridgehead atoms. The Hall–Kier alpha value is -1.46. The Kier molecular flexibility index (Phi) is 3.12. The van der Waals surface area contributed by atoms with Crippen LogP contribution in [0.25, 0.3) is 10.2 Å². The van der Waals surface area contributed by atoms with Gasteiger partial charge >= 0.3 is 5.97 Å². The Morgan fingerprint density at radius 2 is 2.11 bits per heavy atom. The average molecular weight is 264 g/mol. The minimum atomic E-state index is -1.03. The maximum Gasteiger partial charge on any atom is 0.325 e. The van der Waals surface area contributed by atoms with Gasteiger partial charge in [-0.25, -0.2) is 4.98 Å². The Labute approximate surface area is 109 Å². The molecule has 96 valence electrons. The van der Waals surface area contributed by atoms with Crippen molar-refractivity contribution in [2.24, 2.45) is 5.73 Å².